The number of pyridine rings is 1. The molecule has 1 aromatic carbocycles. The fraction of sp³-hybridized carbons (Fsp3) is 0.483. The van der Waals surface area contributed by atoms with Crippen molar-refractivity contribution in [3.05, 3.63) is 53.0 Å². The summed E-state index contributed by atoms with van der Waals surface area (Å²) in [6, 6.07) is 8.64. The van der Waals surface area contributed by atoms with E-state index >= 15 is 0 Å². The molecule has 5 aliphatic rings. The first-order chi connectivity index (χ1) is 18.7. The Morgan fingerprint density at radius 3 is 2.82 bits per heavy atom. The summed E-state index contributed by atoms with van der Waals surface area (Å²) in [5, 5.41) is 14.9. The fourth-order valence-corrected chi connectivity index (χ4v) is 6.82. The van der Waals surface area contributed by atoms with Crippen molar-refractivity contribution in [3.63, 3.8) is 0 Å². The van der Waals surface area contributed by atoms with Crippen molar-refractivity contribution in [2.75, 3.05) is 43.1 Å². The monoisotopic (exact) mass is 511 g/mol. The number of carbonyl (C=O) groups excluding carboxylic acids is 1. The maximum atomic E-state index is 13.1. The molecule has 9 heteroatoms. The minimum absolute atomic E-state index is 0.0329. The van der Waals surface area contributed by atoms with Gasteiger partial charge < -0.3 is 25.6 Å². The van der Waals surface area contributed by atoms with Crippen molar-refractivity contribution in [2.45, 2.75) is 51.2 Å². The first-order valence-electron chi connectivity index (χ1n) is 14.0. The van der Waals surface area contributed by atoms with E-state index in [1.54, 1.807) is 0 Å². The summed E-state index contributed by atoms with van der Waals surface area (Å²) < 4.78 is 7.77. The first kappa shape index (κ1) is 22.5. The molecular formula is C29H33N7O2. The Morgan fingerprint density at radius 2 is 2.00 bits per heavy atom. The quantitative estimate of drug-likeness (QED) is 0.482. The van der Waals surface area contributed by atoms with Gasteiger partial charge in [-0.25, -0.2) is 4.98 Å². The van der Waals surface area contributed by atoms with Crippen LogP contribution in [-0.2, 0) is 24.2 Å². The van der Waals surface area contributed by atoms with Gasteiger partial charge in [-0.3, -0.25) is 9.48 Å². The number of hydrogen-bond acceptors (Lipinski definition) is 7. The van der Waals surface area contributed by atoms with Gasteiger partial charge in [0.15, 0.2) is 0 Å². The Bertz CT molecular complexity index is 1430. The molecule has 1 saturated carbocycles. The Kier molecular flexibility index (Phi) is 5.07. The largest absolute Gasteiger partial charge is 0.378 e. The van der Waals surface area contributed by atoms with Crippen molar-refractivity contribution in [1.29, 1.82) is 0 Å². The minimum atomic E-state index is -0.0329. The number of morpholine rings is 1. The lowest BCUT2D eigenvalue weighted by atomic mass is 9.93. The van der Waals surface area contributed by atoms with E-state index in [2.05, 4.69) is 37.7 Å². The van der Waals surface area contributed by atoms with Gasteiger partial charge in [-0.2, -0.15) is 5.10 Å². The molecular weight excluding hydrogens is 478 g/mol. The smallest absolute Gasteiger partial charge is 0.254 e. The zero-order valence-corrected chi connectivity index (χ0v) is 21.6. The number of anilines is 3. The van der Waals surface area contributed by atoms with Gasteiger partial charge in [0.25, 0.3) is 5.91 Å². The molecule has 1 aliphatic carbocycles. The highest BCUT2D eigenvalue weighted by Gasteiger charge is 2.49. The Hall–Kier alpha value is -3.43. The molecule has 3 fully saturated rings. The minimum Gasteiger partial charge on any atom is -0.378 e. The number of aromatic nitrogens is 3. The highest BCUT2D eigenvalue weighted by molar-refractivity contribution is 6.06. The molecule has 1 spiro atoms. The van der Waals surface area contributed by atoms with E-state index in [-0.39, 0.29) is 11.9 Å². The lowest BCUT2D eigenvalue weighted by molar-refractivity contribution is 0.0966. The number of fused-ring (bicyclic) bond motifs is 2. The second-order valence-electron chi connectivity index (χ2n) is 11.5. The number of carbonyl (C=O) groups is 1. The molecule has 2 aromatic heterocycles. The number of ether oxygens (including phenoxy) is 1. The van der Waals surface area contributed by atoms with Crippen LogP contribution in [0.15, 0.2) is 30.5 Å². The standard InChI is InChI=1S/C29H33N7O2/c37-28-26-20(15-31-28)18(19-16-32-36-17-29(7-8-29)14-24(19)36)3-4-21(26)33-25-6-5-23(35-10-12-38-13-11-35)27(34-25)22-2-1-9-30-22/h3-6,16,22,30H,1-2,7-15,17H2,(H,31,37)(H,33,34)/t22-/m1/s1. The van der Waals surface area contributed by atoms with E-state index in [9.17, 15) is 4.79 Å². The highest BCUT2D eigenvalue weighted by Crippen LogP contribution is 2.54. The number of nitrogens with one attached hydrogen (secondary N) is 3. The van der Waals surface area contributed by atoms with Gasteiger partial charge in [-0.1, -0.05) is 6.07 Å². The lowest BCUT2D eigenvalue weighted by Crippen LogP contribution is -2.37. The van der Waals surface area contributed by atoms with Crippen molar-refractivity contribution in [2.24, 2.45) is 5.41 Å². The number of benzene rings is 1. The third-order valence-corrected chi connectivity index (χ3v) is 9.10. The maximum Gasteiger partial charge on any atom is 0.254 e. The fourth-order valence-electron chi connectivity index (χ4n) is 6.82. The van der Waals surface area contributed by atoms with Gasteiger partial charge in [0, 0.05) is 37.4 Å². The number of amides is 1. The predicted molar refractivity (Wildman–Crippen MR) is 145 cm³/mol. The van der Waals surface area contributed by atoms with Crippen LogP contribution in [0.4, 0.5) is 17.2 Å². The zero-order chi connectivity index (χ0) is 25.3. The molecule has 6 heterocycles. The van der Waals surface area contributed by atoms with Gasteiger partial charge in [-0.15, -0.1) is 0 Å². The third kappa shape index (κ3) is 3.63. The van der Waals surface area contributed by atoms with Crippen LogP contribution in [0.1, 0.15) is 59.0 Å². The van der Waals surface area contributed by atoms with E-state index in [0.717, 1.165) is 92.5 Å². The molecule has 3 N–H and O–H groups in total. The van der Waals surface area contributed by atoms with Crippen molar-refractivity contribution >= 4 is 23.1 Å². The second kappa shape index (κ2) is 8.54. The zero-order valence-electron chi connectivity index (χ0n) is 21.6. The SMILES string of the molecule is O=C1NCc2c(-c3cnn4c3CC3(CC3)C4)ccc(Nc3ccc(N4CCOCC4)c([C@H]4CCCN4)n3)c21. The normalized spacial score (nSPS) is 23.0. The van der Waals surface area contributed by atoms with Gasteiger partial charge in [0.2, 0.25) is 0 Å². The summed E-state index contributed by atoms with van der Waals surface area (Å²) in [5.41, 5.74) is 8.90. The molecule has 2 saturated heterocycles. The van der Waals surface area contributed by atoms with E-state index < -0.39 is 0 Å². The second-order valence-corrected chi connectivity index (χ2v) is 11.5. The van der Waals surface area contributed by atoms with Crippen molar-refractivity contribution in [1.82, 2.24) is 25.4 Å². The van der Waals surface area contributed by atoms with E-state index in [1.807, 2.05) is 18.3 Å². The van der Waals surface area contributed by atoms with E-state index in [4.69, 9.17) is 14.8 Å². The first-order valence-corrected chi connectivity index (χ1v) is 14.0. The summed E-state index contributed by atoms with van der Waals surface area (Å²) in [4.78, 5) is 20.6. The van der Waals surface area contributed by atoms with Gasteiger partial charge in [0.1, 0.15) is 5.82 Å². The van der Waals surface area contributed by atoms with Gasteiger partial charge in [-0.05, 0) is 73.4 Å². The van der Waals surface area contributed by atoms with Gasteiger partial charge in [0.05, 0.1) is 48.1 Å². The number of hydrogen-bond donors (Lipinski definition) is 3. The Morgan fingerprint density at radius 1 is 1.11 bits per heavy atom. The Balaban J connectivity index is 1.14. The molecule has 196 valence electrons. The molecule has 38 heavy (non-hydrogen) atoms. The molecule has 4 aliphatic heterocycles. The molecule has 1 atom stereocenters. The topological polar surface area (TPSA) is 96.3 Å². The third-order valence-electron chi connectivity index (χ3n) is 9.10. The van der Waals surface area contributed by atoms with Gasteiger partial charge >= 0.3 is 0 Å². The predicted octanol–water partition coefficient (Wildman–Crippen LogP) is 3.53. The molecule has 0 bridgehead atoms. The summed E-state index contributed by atoms with van der Waals surface area (Å²) in [5.74, 6) is 0.733. The van der Waals surface area contributed by atoms with Crippen LogP contribution in [-0.4, -0.2) is 53.5 Å². The van der Waals surface area contributed by atoms with Crippen LogP contribution >= 0.6 is 0 Å². The number of nitrogens with zero attached hydrogens (tertiary/aromatic N) is 4. The van der Waals surface area contributed by atoms with Crippen LogP contribution in [0.2, 0.25) is 0 Å². The average molecular weight is 512 g/mol. The summed E-state index contributed by atoms with van der Waals surface area (Å²) in [6.07, 6.45) is 7.91. The van der Waals surface area contributed by atoms with Crippen molar-refractivity contribution in [3.8, 4) is 11.1 Å². The highest BCUT2D eigenvalue weighted by atomic mass is 16.5. The van der Waals surface area contributed by atoms with Crippen LogP contribution in [0.5, 0.6) is 0 Å². The van der Waals surface area contributed by atoms with Crippen molar-refractivity contribution < 1.29 is 9.53 Å². The van der Waals surface area contributed by atoms with E-state index in [1.165, 1.54) is 29.8 Å². The summed E-state index contributed by atoms with van der Waals surface area (Å²) in [7, 11) is 0. The average Bonchev–Trinajstić information content (AvgIpc) is 3.36. The number of rotatable bonds is 5. The molecule has 9 nitrogen and oxygen atoms in total. The molecule has 1 amide bonds. The van der Waals surface area contributed by atoms with Crippen LogP contribution in [0, 0.1) is 5.41 Å². The molecule has 0 unspecified atom stereocenters. The maximum absolute atomic E-state index is 13.1. The van der Waals surface area contributed by atoms with E-state index in [0.29, 0.717) is 12.0 Å². The summed E-state index contributed by atoms with van der Waals surface area (Å²) >= 11 is 0. The van der Waals surface area contributed by atoms with Crippen LogP contribution in [0.25, 0.3) is 11.1 Å². The van der Waals surface area contributed by atoms with Crippen LogP contribution in [0.3, 0.4) is 0 Å². The Labute approximate surface area is 222 Å². The summed E-state index contributed by atoms with van der Waals surface area (Å²) in [6.45, 7) is 5.83. The molecule has 8 rings (SSSR count). The van der Waals surface area contributed by atoms with Crippen LogP contribution < -0.4 is 20.9 Å². The molecule has 3 aromatic rings. The lowest BCUT2D eigenvalue weighted by Gasteiger charge is -2.31. The molecule has 0 radical (unpaired) electrons.